The number of pyridine rings is 2. The summed E-state index contributed by atoms with van der Waals surface area (Å²) in [6.07, 6.45) is 1.76. The van der Waals surface area contributed by atoms with E-state index in [1.807, 2.05) is 36.4 Å². The van der Waals surface area contributed by atoms with Crippen LogP contribution in [0.1, 0.15) is 0 Å². The van der Waals surface area contributed by atoms with E-state index in [0.29, 0.717) is 0 Å². The van der Waals surface area contributed by atoms with E-state index in [0.717, 1.165) is 22.2 Å². The minimum Gasteiger partial charge on any atom is -0.322 e. The average Bonchev–Trinajstić information content (AvgIpc) is 2.38. The fourth-order valence-electron chi connectivity index (χ4n) is 1.93. The van der Waals surface area contributed by atoms with Crippen LogP contribution in [0.2, 0.25) is 0 Å². The molecule has 82 valence electrons. The van der Waals surface area contributed by atoms with Crippen LogP contribution >= 0.6 is 0 Å². The van der Waals surface area contributed by atoms with E-state index in [4.69, 9.17) is 0 Å². The summed E-state index contributed by atoms with van der Waals surface area (Å²) < 4.78 is 0. The van der Waals surface area contributed by atoms with Crippen molar-refractivity contribution in [1.29, 1.82) is 0 Å². The molecule has 3 aromatic rings. The van der Waals surface area contributed by atoms with E-state index in [9.17, 15) is 4.79 Å². The fourth-order valence-corrected chi connectivity index (χ4v) is 1.93. The quantitative estimate of drug-likeness (QED) is 0.687. The number of aromatic nitrogens is 2. The third-order valence-electron chi connectivity index (χ3n) is 2.69. The molecule has 17 heavy (non-hydrogen) atoms. The monoisotopic (exact) mass is 222 g/mol. The molecule has 0 bridgehead atoms. The van der Waals surface area contributed by atoms with Gasteiger partial charge in [-0.3, -0.25) is 9.78 Å². The molecule has 0 aliphatic carbocycles. The highest BCUT2D eigenvalue weighted by Crippen LogP contribution is 2.24. The molecular formula is C14H10N2O. The van der Waals surface area contributed by atoms with E-state index in [1.54, 1.807) is 12.3 Å². The summed E-state index contributed by atoms with van der Waals surface area (Å²) in [5.41, 5.74) is 2.54. The highest BCUT2D eigenvalue weighted by Gasteiger charge is 2.04. The lowest BCUT2D eigenvalue weighted by Crippen LogP contribution is -2.03. The van der Waals surface area contributed by atoms with Crippen LogP contribution in [0.15, 0.2) is 59.5 Å². The van der Waals surface area contributed by atoms with Crippen molar-refractivity contribution in [3.8, 4) is 11.3 Å². The summed E-state index contributed by atoms with van der Waals surface area (Å²) >= 11 is 0. The van der Waals surface area contributed by atoms with E-state index >= 15 is 0 Å². The summed E-state index contributed by atoms with van der Waals surface area (Å²) in [5.74, 6) is 0. The van der Waals surface area contributed by atoms with Crippen LogP contribution in [0.4, 0.5) is 0 Å². The lowest BCUT2D eigenvalue weighted by atomic mass is 10.1. The molecule has 1 N–H and O–H groups in total. The topological polar surface area (TPSA) is 45.8 Å². The fraction of sp³-hybridized carbons (Fsp3) is 0. The third-order valence-corrected chi connectivity index (χ3v) is 2.69. The molecule has 0 unspecified atom stereocenters. The van der Waals surface area contributed by atoms with Crippen LogP contribution in [0, 0.1) is 0 Å². The zero-order valence-corrected chi connectivity index (χ0v) is 9.05. The first kappa shape index (κ1) is 9.78. The van der Waals surface area contributed by atoms with Crippen molar-refractivity contribution >= 4 is 10.9 Å². The van der Waals surface area contributed by atoms with E-state index in [2.05, 4.69) is 9.97 Å². The van der Waals surface area contributed by atoms with Gasteiger partial charge in [-0.2, -0.15) is 0 Å². The second kappa shape index (κ2) is 3.87. The number of H-pyrrole nitrogens is 1. The van der Waals surface area contributed by atoms with Gasteiger partial charge in [0, 0.05) is 23.2 Å². The van der Waals surface area contributed by atoms with Gasteiger partial charge in [-0.15, -0.1) is 0 Å². The minimum absolute atomic E-state index is 0.101. The normalized spacial score (nSPS) is 10.6. The first-order chi connectivity index (χ1) is 8.34. The van der Waals surface area contributed by atoms with Gasteiger partial charge in [0.1, 0.15) is 0 Å². The van der Waals surface area contributed by atoms with Gasteiger partial charge in [0.25, 0.3) is 0 Å². The highest BCUT2D eigenvalue weighted by atomic mass is 16.1. The van der Waals surface area contributed by atoms with Crippen LogP contribution in [0.3, 0.4) is 0 Å². The van der Waals surface area contributed by atoms with Gasteiger partial charge in [-0.25, -0.2) is 0 Å². The Morgan fingerprint density at radius 3 is 2.65 bits per heavy atom. The Hall–Kier alpha value is -2.42. The predicted octanol–water partition coefficient (Wildman–Crippen LogP) is 2.59. The number of benzene rings is 1. The molecule has 0 radical (unpaired) electrons. The number of hydrogen-bond donors (Lipinski definition) is 1. The van der Waals surface area contributed by atoms with Crippen LogP contribution in [0.5, 0.6) is 0 Å². The first-order valence-corrected chi connectivity index (χ1v) is 5.38. The Bertz CT molecular complexity index is 726. The number of para-hydroxylation sites is 1. The standard InChI is InChI=1S/C14H10N2O/c17-13-8-2-7-12(16-13)11-6-1-4-10-5-3-9-15-14(10)11/h1-9H,(H,16,17). The Labute approximate surface area is 97.8 Å². The second-order valence-corrected chi connectivity index (χ2v) is 3.81. The van der Waals surface area contributed by atoms with Crippen molar-refractivity contribution in [2.75, 3.05) is 0 Å². The van der Waals surface area contributed by atoms with Gasteiger partial charge in [-0.05, 0) is 12.1 Å². The number of fused-ring (bicyclic) bond motifs is 1. The second-order valence-electron chi connectivity index (χ2n) is 3.81. The number of rotatable bonds is 1. The Balaban J connectivity index is 2.34. The zero-order valence-electron chi connectivity index (χ0n) is 9.05. The summed E-state index contributed by atoms with van der Waals surface area (Å²) in [4.78, 5) is 18.5. The van der Waals surface area contributed by atoms with Gasteiger partial charge in [0.15, 0.2) is 0 Å². The largest absolute Gasteiger partial charge is 0.322 e. The summed E-state index contributed by atoms with van der Waals surface area (Å²) in [5, 5.41) is 1.06. The van der Waals surface area contributed by atoms with E-state index in [1.165, 1.54) is 6.07 Å². The van der Waals surface area contributed by atoms with Gasteiger partial charge >= 0.3 is 0 Å². The Kier molecular flexibility index (Phi) is 2.22. The molecule has 0 aliphatic rings. The Morgan fingerprint density at radius 1 is 0.941 bits per heavy atom. The smallest absolute Gasteiger partial charge is 0.248 e. The number of hydrogen-bond acceptors (Lipinski definition) is 2. The number of nitrogens with one attached hydrogen (secondary N) is 1. The SMILES string of the molecule is O=c1cccc(-c2cccc3cccnc23)[nH]1. The van der Waals surface area contributed by atoms with Gasteiger partial charge < -0.3 is 4.98 Å². The van der Waals surface area contributed by atoms with Crippen LogP contribution in [-0.2, 0) is 0 Å². The summed E-state index contributed by atoms with van der Waals surface area (Å²) in [6.45, 7) is 0. The molecule has 0 spiro atoms. The van der Waals surface area contributed by atoms with Crippen molar-refractivity contribution in [2.45, 2.75) is 0 Å². The van der Waals surface area contributed by atoms with Crippen LogP contribution in [0.25, 0.3) is 22.2 Å². The van der Waals surface area contributed by atoms with Crippen molar-refractivity contribution in [3.05, 3.63) is 65.1 Å². The van der Waals surface area contributed by atoms with Crippen molar-refractivity contribution in [1.82, 2.24) is 9.97 Å². The molecule has 0 saturated carbocycles. The Morgan fingerprint density at radius 2 is 1.76 bits per heavy atom. The molecule has 3 rings (SSSR count). The maximum atomic E-state index is 11.3. The molecule has 3 heteroatoms. The lowest BCUT2D eigenvalue weighted by Gasteiger charge is -2.04. The number of aromatic amines is 1. The molecule has 0 amide bonds. The molecule has 1 aromatic carbocycles. The van der Waals surface area contributed by atoms with Gasteiger partial charge in [0.05, 0.1) is 11.2 Å². The predicted molar refractivity (Wildman–Crippen MR) is 67.8 cm³/mol. The van der Waals surface area contributed by atoms with Crippen molar-refractivity contribution in [3.63, 3.8) is 0 Å². The number of nitrogens with zero attached hydrogens (tertiary/aromatic N) is 1. The molecule has 2 heterocycles. The molecule has 0 fully saturated rings. The lowest BCUT2D eigenvalue weighted by molar-refractivity contribution is 1.24. The van der Waals surface area contributed by atoms with E-state index < -0.39 is 0 Å². The molecule has 3 nitrogen and oxygen atoms in total. The molecule has 2 aromatic heterocycles. The van der Waals surface area contributed by atoms with Crippen LogP contribution in [-0.4, -0.2) is 9.97 Å². The first-order valence-electron chi connectivity index (χ1n) is 5.38. The van der Waals surface area contributed by atoms with Gasteiger partial charge in [-0.1, -0.05) is 30.3 Å². The molecular weight excluding hydrogens is 212 g/mol. The molecule has 0 aliphatic heterocycles. The van der Waals surface area contributed by atoms with Crippen molar-refractivity contribution in [2.24, 2.45) is 0 Å². The van der Waals surface area contributed by atoms with E-state index in [-0.39, 0.29) is 5.56 Å². The molecule has 0 atom stereocenters. The minimum atomic E-state index is -0.101. The van der Waals surface area contributed by atoms with Crippen molar-refractivity contribution < 1.29 is 0 Å². The zero-order chi connectivity index (χ0) is 11.7. The third kappa shape index (κ3) is 1.72. The maximum absolute atomic E-state index is 11.3. The molecule has 0 saturated heterocycles. The van der Waals surface area contributed by atoms with Crippen LogP contribution < -0.4 is 5.56 Å². The van der Waals surface area contributed by atoms with Gasteiger partial charge in [0.2, 0.25) is 5.56 Å². The maximum Gasteiger partial charge on any atom is 0.248 e. The summed E-state index contributed by atoms with van der Waals surface area (Å²) in [6, 6.07) is 15.0. The highest BCUT2D eigenvalue weighted by molar-refractivity contribution is 5.92. The summed E-state index contributed by atoms with van der Waals surface area (Å²) in [7, 11) is 0. The average molecular weight is 222 g/mol.